The van der Waals surface area contributed by atoms with E-state index in [1.54, 1.807) is 7.05 Å². The van der Waals surface area contributed by atoms with Crippen LogP contribution in [0.2, 0.25) is 0 Å². The molecule has 2 N–H and O–H groups in total. The molecule has 1 heterocycles. The van der Waals surface area contributed by atoms with E-state index in [2.05, 4.69) is 51.2 Å². The van der Waals surface area contributed by atoms with Gasteiger partial charge in [0.05, 0.1) is 11.0 Å². The normalized spacial score (nSPS) is 11.7. The summed E-state index contributed by atoms with van der Waals surface area (Å²) in [6.45, 7) is 10.5. The summed E-state index contributed by atoms with van der Waals surface area (Å²) < 4.78 is 7.82. The maximum atomic E-state index is 5.58. The van der Waals surface area contributed by atoms with E-state index in [0.29, 0.717) is 5.92 Å². The highest BCUT2D eigenvalue weighted by atomic mass is 127. The van der Waals surface area contributed by atoms with Crippen LogP contribution in [0.5, 0.6) is 0 Å². The zero-order chi connectivity index (χ0) is 18.1. The van der Waals surface area contributed by atoms with Crippen LogP contribution in [-0.2, 0) is 11.3 Å². The molecule has 0 aliphatic carbocycles. The molecule has 146 valence electrons. The van der Waals surface area contributed by atoms with E-state index in [4.69, 9.17) is 4.74 Å². The van der Waals surface area contributed by atoms with Crippen LogP contribution in [0.3, 0.4) is 0 Å². The molecule has 0 saturated heterocycles. The molecule has 1 aromatic heterocycles. The number of guanidine groups is 1. The zero-order valence-corrected chi connectivity index (χ0v) is 18.6. The lowest BCUT2D eigenvalue weighted by atomic mass is 10.2. The second kappa shape index (κ2) is 12.1. The van der Waals surface area contributed by atoms with E-state index < -0.39 is 0 Å². The van der Waals surface area contributed by atoms with Gasteiger partial charge in [0.1, 0.15) is 5.82 Å². The van der Waals surface area contributed by atoms with Gasteiger partial charge < -0.3 is 19.9 Å². The topological polar surface area (TPSA) is 63.5 Å². The predicted octanol–water partition coefficient (Wildman–Crippen LogP) is 3.19. The number of ether oxygens (including phenoxy) is 1. The van der Waals surface area contributed by atoms with Crippen molar-refractivity contribution < 1.29 is 4.74 Å². The van der Waals surface area contributed by atoms with E-state index in [1.165, 1.54) is 5.52 Å². The lowest BCUT2D eigenvalue weighted by Crippen LogP contribution is -2.39. The molecule has 0 atom stereocenters. The summed E-state index contributed by atoms with van der Waals surface area (Å²) in [5, 5.41) is 6.68. The van der Waals surface area contributed by atoms with E-state index in [0.717, 1.165) is 56.6 Å². The molecule has 26 heavy (non-hydrogen) atoms. The fourth-order valence-electron chi connectivity index (χ4n) is 2.68. The number of aryl methyl sites for hydroxylation is 1. The zero-order valence-electron chi connectivity index (χ0n) is 16.3. The van der Waals surface area contributed by atoms with E-state index in [9.17, 15) is 0 Å². The number of benzene rings is 1. The van der Waals surface area contributed by atoms with Crippen molar-refractivity contribution in [3.05, 3.63) is 30.1 Å². The number of halogens is 1. The Morgan fingerprint density at radius 3 is 2.69 bits per heavy atom. The first-order valence-electron chi connectivity index (χ1n) is 9.06. The van der Waals surface area contributed by atoms with Crippen molar-refractivity contribution in [2.75, 3.05) is 33.4 Å². The number of rotatable bonds is 9. The molecule has 0 spiro atoms. The summed E-state index contributed by atoms with van der Waals surface area (Å²) in [7, 11) is 1.79. The number of hydrogen-bond acceptors (Lipinski definition) is 3. The van der Waals surface area contributed by atoms with Crippen LogP contribution in [0.4, 0.5) is 0 Å². The fourth-order valence-corrected chi connectivity index (χ4v) is 2.68. The molecule has 2 rings (SSSR count). The highest BCUT2D eigenvalue weighted by Crippen LogP contribution is 2.14. The minimum Gasteiger partial charge on any atom is -0.381 e. The molecule has 0 amide bonds. The molecule has 0 saturated carbocycles. The minimum atomic E-state index is 0. The summed E-state index contributed by atoms with van der Waals surface area (Å²) in [5.41, 5.74) is 2.22. The number of hydrogen-bond donors (Lipinski definition) is 2. The molecule has 0 fully saturated rings. The van der Waals surface area contributed by atoms with Crippen LogP contribution >= 0.6 is 24.0 Å². The third kappa shape index (κ3) is 7.11. The number of aromatic nitrogens is 2. The van der Waals surface area contributed by atoms with Crippen LogP contribution in [0, 0.1) is 12.8 Å². The number of nitrogens with one attached hydrogen (secondary N) is 2. The van der Waals surface area contributed by atoms with Gasteiger partial charge in [-0.25, -0.2) is 4.98 Å². The first-order chi connectivity index (χ1) is 12.1. The average molecular weight is 473 g/mol. The molecule has 0 radical (unpaired) electrons. The number of nitrogens with zero attached hydrogens (tertiary/aromatic N) is 3. The molecular weight excluding hydrogens is 441 g/mol. The number of fused-ring (bicyclic) bond motifs is 1. The molecular formula is C19H32IN5O. The van der Waals surface area contributed by atoms with Crippen molar-refractivity contribution in [1.82, 2.24) is 20.2 Å². The van der Waals surface area contributed by atoms with Gasteiger partial charge in [0.25, 0.3) is 0 Å². The predicted molar refractivity (Wildman–Crippen MR) is 120 cm³/mol. The van der Waals surface area contributed by atoms with Crippen molar-refractivity contribution in [2.45, 2.75) is 33.7 Å². The summed E-state index contributed by atoms with van der Waals surface area (Å²) in [6, 6.07) is 8.23. The maximum Gasteiger partial charge on any atom is 0.191 e. The SMILES string of the molecule is CN=C(NCCCOCC(C)C)NCCn1c(C)nc2ccccc21.I. The Morgan fingerprint density at radius 2 is 1.96 bits per heavy atom. The number of aliphatic imine (C=N–C) groups is 1. The van der Waals surface area contributed by atoms with Crippen molar-refractivity contribution in [3.63, 3.8) is 0 Å². The van der Waals surface area contributed by atoms with Crippen LogP contribution in [0.15, 0.2) is 29.3 Å². The largest absolute Gasteiger partial charge is 0.381 e. The Kier molecular flexibility index (Phi) is 10.6. The second-order valence-electron chi connectivity index (χ2n) is 6.55. The van der Waals surface area contributed by atoms with Gasteiger partial charge in [-0.15, -0.1) is 24.0 Å². The van der Waals surface area contributed by atoms with Crippen LogP contribution in [0.25, 0.3) is 11.0 Å². The van der Waals surface area contributed by atoms with Gasteiger partial charge in [0.2, 0.25) is 0 Å². The van der Waals surface area contributed by atoms with Gasteiger partial charge >= 0.3 is 0 Å². The van der Waals surface area contributed by atoms with E-state index >= 15 is 0 Å². The third-order valence-corrected chi connectivity index (χ3v) is 3.91. The van der Waals surface area contributed by atoms with Gasteiger partial charge in [0.15, 0.2) is 5.96 Å². The highest BCUT2D eigenvalue weighted by Gasteiger charge is 2.06. The smallest absolute Gasteiger partial charge is 0.191 e. The Labute approximate surface area is 173 Å². The Morgan fingerprint density at radius 1 is 1.23 bits per heavy atom. The average Bonchev–Trinajstić information content (AvgIpc) is 2.91. The molecule has 0 unspecified atom stereocenters. The Hall–Kier alpha value is -1.35. The fraction of sp³-hybridized carbons (Fsp3) is 0.579. The van der Waals surface area contributed by atoms with Gasteiger partial charge in [-0.05, 0) is 31.4 Å². The first-order valence-corrected chi connectivity index (χ1v) is 9.06. The second-order valence-corrected chi connectivity index (χ2v) is 6.55. The van der Waals surface area contributed by atoms with Gasteiger partial charge in [-0.2, -0.15) is 0 Å². The molecule has 7 heteroatoms. The minimum absolute atomic E-state index is 0. The lowest BCUT2D eigenvalue weighted by molar-refractivity contribution is 0.108. The summed E-state index contributed by atoms with van der Waals surface area (Å²) in [6.07, 6.45) is 0.971. The van der Waals surface area contributed by atoms with Crippen molar-refractivity contribution in [1.29, 1.82) is 0 Å². The number of para-hydroxylation sites is 2. The Bertz CT molecular complexity index is 684. The van der Waals surface area contributed by atoms with Crippen LogP contribution in [0.1, 0.15) is 26.1 Å². The maximum absolute atomic E-state index is 5.58. The highest BCUT2D eigenvalue weighted by molar-refractivity contribution is 14.0. The van der Waals surface area contributed by atoms with Gasteiger partial charge in [0, 0.05) is 39.9 Å². The van der Waals surface area contributed by atoms with Crippen molar-refractivity contribution in [2.24, 2.45) is 10.9 Å². The van der Waals surface area contributed by atoms with Gasteiger partial charge in [-0.3, -0.25) is 4.99 Å². The van der Waals surface area contributed by atoms with E-state index in [-0.39, 0.29) is 24.0 Å². The summed E-state index contributed by atoms with van der Waals surface area (Å²) in [5.74, 6) is 2.45. The van der Waals surface area contributed by atoms with Crippen LogP contribution < -0.4 is 10.6 Å². The third-order valence-electron chi connectivity index (χ3n) is 3.91. The number of imidazole rings is 1. The molecule has 6 nitrogen and oxygen atoms in total. The van der Waals surface area contributed by atoms with E-state index in [1.807, 2.05) is 19.1 Å². The van der Waals surface area contributed by atoms with Gasteiger partial charge in [-0.1, -0.05) is 26.0 Å². The molecule has 2 aromatic rings. The standard InChI is InChI=1S/C19H31N5O.HI/c1-15(2)14-25-13-7-10-21-19(20-4)22-11-12-24-16(3)23-17-8-5-6-9-18(17)24;/h5-6,8-9,15H,7,10-14H2,1-4H3,(H2,20,21,22);1H. The van der Waals surface area contributed by atoms with Crippen molar-refractivity contribution in [3.8, 4) is 0 Å². The van der Waals surface area contributed by atoms with Crippen LogP contribution in [-0.4, -0.2) is 48.9 Å². The molecule has 0 aliphatic rings. The molecule has 0 bridgehead atoms. The first kappa shape index (κ1) is 22.7. The quantitative estimate of drug-likeness (QED) is 0.254. The monoisotopic (exact) mass is 473 g/mol. The molecule has 0 aliphatic heterocycles. The Balaban J connectivity index is 0.00000338. The van der Waals surface area contributed by atoms with Crippen molar-refractivity contribution >= 4 is 41.0 Å². The summed E-state index contributed by atoms with van der Waals surface area (Å²) >= 11 is 0. The summed E-state index contributed by atoms with van der Waals surface area (Å²) in [4.78, 5) is 8.86. The molecule has 1 aromatic carbocycles. The lowest BCUT2D eigenvalue weighted by Gasteiger charge is -2.13.